The minimum absolute atomic E-state index is 0.202. The molecule has 0 radical (unpaired) electrons. The van der Waals surface area contributed by atoms with Crippen LogP contribution in [0.4, 0.5) is 0 Å². The number of carbonyl (C=O) groups excluding carboxylic acids is 1. The average Bonchev–Trinajstić information content (AvgIpc) is 3.22. The van der Waals surface area contributed by atoms with E-state index in [1.54, 1.807) is 32.1 Å². The molecule has 0 saturated carbocycles. The van der Waals surface area contributed by atoms with Gasteiger partial charge in [-0.05, 0) is 66.9 Å². The summed E-state index contributed by atoms with van der Waals surface area (Å²) >= 11 is 13.9. The van der Waals surface area contributed by atoms with Gasteiger partial charge in [0, 0.05) is 10.0 Å². The number of thiazole rings is 1. The highest BCUT2D eigenvalue weighted by molar-refractivity contribution is 7.07. The molecule has 1 atom stereocenters. The van der Waals surface area contributed by atoms with Crippen LogP contribution in [0.2, 0.25) is 10.0 Å². The van der Waals surface area contributed by atoms with Gasteiger partial charge in [-0.1, -0.05) is 77.0 Å². The zero-order valence-electron chi connectivity index (χ0n) is 21.2. The van der Waals surface area contributed by atoms with E-state index in [9.17, 15) is 9.59 Å². The minimum Gasteiger partial charge on any atom is -0.489 e. The SMILES string of the molecule is CCOC(=O)C1=C(C)N=c2s/c(=C\c3ccc(OCc4cccc(Cl)c4)cc3)c(=O)n2[C@@H]1c1ccccc1Cl. The summed E-state index contributed by atoms with van der Waals surface area (Å²) in [7, 11) is 0. The molecule has 0 bridgehead atoms. The highest BCUT2D eigenvalue weighted by Gasteiger charge is 2.34. The number of benzene rings is 3. The quantitative estimate of drug-likeness (QED) is 0.264. The number of ether oxygens (including phenoxy) is 2. The first-order valence-electron chi connectivity index (χ1n) is 12.3. The third-order valence-electron chi connectivity index (χ3n) is 6.19. The van der Waals surface area contributed by atoms with Crippen molar-refractivity contribution in [3.8, 4) is 5.75 Å². The Labute approximate surface area is 239 Å². The van der Waals surface area contributed by atoms with Gasteiger partial charge in [-0.15, -0.1) is 0 Å². The summed E-state index contributed by atoms with van der Waals surface area (Å²) in [6.45, 7) is 4.08. The van der Waals surface area contributed by atoms with Gasteiger partial charge in [-0.25, -0.2) is 9.79 Å². The smallest absolute Gasteiger partial charge is 0.338 e. The monoisotopic (exact) mass is 578 g/mol. The molecular weight excluding hydrogens is 555 g/mol. The molecule has 1 aliphatic heterocycles. The lowest BCUT2D eigenvalue weighted by atomic mass is 9.96. The molecule has 2 heterocycles. The number of hydrogen-bond donors (Lipinski definition) is 0. The molecule has 4 aromatic rings. The van der Waals surface area contributed by atoms with Crippen LogP contribution in [0.15, 0.2) is 93.9 Å². The van der Waals surface area contributed by atoms with Crippen molar-refractivity contribution in [2.75, 3.05) is 6.61 Å². The predicted octanol–water partition coefficient (Wildman–Crippen LogP) is 5.68. The molecule has 0 N–H and O–H groups in total. The van der Waals surface area contributed by atoms with E-state index in [-0.39, 0.29) is 12.2 Å². The lowest BCUT2D eigenvalue weighted by molar-refractivity contribution is -0.139. The van der Waals surface area contributed by atoms with Gasteiger partial charge >= 0.3 is 5.97 Å². The van der Waals surface area contributed by atoms with Gasteiger partial charge in [0.25, 0.3) is 5.56 Å². The van der Waals surface area contributed by atoms with Gasteiger partial charge in [-0.3, -0.25) is 9.36 Å². The Morgan fingerprint density at radius 3 is 2.56 bits per heavy atom. The fourth-order valence-corrected chi connectivity index (χ4v) is 5.89. The fourth-order valence-electron chi connectivity index (χ4n) is 4.39. The number of halogens is 2. The third kappa shape index (κ3) is 5.71. The maximum atomic E-state index is 13.7. The largest absolute Gasteiger partial charge is 0.489 e. The van der Waals surface area contributed by atoms with Crippen molar-refractivity contribution in [3.05, 3.63) is 130 Å². The number of allylic oxidation sites excluding steroid dienone is 1. The number of fused-ring (bicyclic) bond motifs is 1. The first kappa shape index (κ1) is 26.9. The summed E-state index contributed by atoms with van der Waals surface area (Å²) < 4.78 is 13.2. The summed E-state index contributed by atoms with van der Waals surface area (Å²) in [5.74, 6) is 0.174. The molecular formula is C30H24Cl2N2O4S. The molecule has 1 aromatic heterocycles. The number of aromatic nitrogens is 1. The van der Waals surface area contributed by atoms with Crippen LogP contribution in [-0.4, -0.2) is 17.1 Å². The summed E-state index contributed by atoms with van der Waals surface area (Å²) in [4.78, 5) is 31.8. The van der Waals surface area contributed by atoms with Crippen molar-refractivity contribution >= 4 is 46.6 Å². The molecule has 198 valence electrons. The van der Waals surface area contributed by atoms with E-state index in [1.807, 2.05) is 60.7 Å². The van der Waals surface area contributed by atoms with Gasteiger partial charge < -0.3 is 9.47 Å². The highest BCUT2D eigenvalue weighted by atomic mass is 35.5. The van der Waals surface area contributed by atoms with E-state index in [1.165, 1.54) is 15.9 Å². The van der Waals surface area contributed by atoms with Crippen LogP contribution in [0.3, 0.4) is 0 Å². The van der Waals surface area contributed by atoms with Crippen LogP contribution in [0.5, 0.6) is 5.75 Å². The van der Waals surface area contributed by atoms with Gasteiger partial charge in [-0.2, -0.15) is 0 Å². The number of esters is 1. The second kappa shape index (κ2) is 11.6. The molecule has 5 rings (SSSR count). The van der Waals surface area contributed by atoms with Crippen molar-refractivity contribution in [3.63, 3.8) is 0 Å². The molecule has 0 aliphatic carbocycles. The Bertz CT molecular complexity index is 1760. The molecule has 9 heteroatoms. The van der Waals surface area contributed by atoms with Gasteiger partial charge in [0.1, 0.15) is 18.4 Å². The molecule has 0 unspecified atom stereocenters. The van der Waals surface area contributed by atoms with E-state index in [2.05, 4.69) is 4.99 Å². The molecule has 0 spiro atoms. The number of nitrogens with zero attached hydrogens (tertiary/aromatic N) is 2. The Morgan fingerprint density at radius 1 is 1.08 bits per heavy atom. The summed E-state index contributed by atoms with van der Waals surface area (Å²) in [6.07, 6.45) is 1.80. The molecule has 39 heavy (non-hydrogen) atoms. The van der Waals surface area contributed by atoms with Crippen LogP contribution in [0.25, 0.3) is 6.08 Å². The summed E-state index contributed by atoms with van der Waals surface area (Å²) in [6, 6.07) is 21.4. The van der Waals surface area contributed by atoms with Crippen LogP contribution in [0.1, 0.15) is 36.6 Å². The lowest BCUT2D eigenvalue weighted by Crippen LogP contribution is -2.40. The molecule has 0 saturated heterocycles. The molecule has 3 aromatic carbocycles. The second-order valence-corrected chi connectivity index (χ2v) is 10.7. The van der Waals surface area contributed by atoms with Crippen LogP contribution in [-0.2, 0) is 16.1 Å². The Kier molecular flexibility index (Phi) is 8.02. The van der Waals surface area contributed by atoms with Crippen molar-refractivity contribution in [1.29, 1.82) is 0 Å². The normalized spacial score (nSPS) is 15.1. The lowest BCUT2D eigenvalue weighted by Gasteiger charge is -2.25. The van der Waals surface area contributed by atoms with Crippen LogP contribution < -0.4 is 19.6 Å². The predicted molar refractivity (Wildman–Crippen MR) is 154 cm³/mol. The number of hydrogen-bond acceptors (Lipinski definition) is 6. The molecule has 0 amide bonds. The maximum Gasteiger partial charge on any atom is 0.338 e. The Hall–Kier alpha value is -3.65. The van der Waals surface area contributed by atoms with Crippen molar-refractivity contribution in [1.82, 2.24) is 4.57 Å². The van der Waals surface area contributed by atoms with Crippen LogP contribution >= 0.6 is 34.5 Å². The third-order valence-corrected chi connectivity index (χ3v) is 7.75. The van der Waals surface area contributed by atoms with Crippen molar-refractivity contribution in [2.24, 2.45) is 4.99 Å². The second-order valence-electron chi connectivity index (χ2n) is 8.81. The number of rotatable bonds is 7. The zero-order valence-corrected chi connectivity index (χ0v) is 23.5. The zero-order chi connectivity index (χ0) is 27.5. The van der Waals surface area contributed by atoms with E-state index in [4.69, 9.17) is 32.7 Å². The van der Waals surface area contributed by atoms with Gasteiger partial charge in [0.2, 0.25) is 0 Å². The Morgan fingerprint density at radius 2 is 1.85 bits per heavy atom. The number of carbonyl (C=O) groups is 1. The van der Waals surface area contributed by atoms with Crippen molar-refractivity contribution < 1.29 is 14.3 Å². The first-order chi connectivity index (χ1) is 18.9. The van der Waals surface area contributed by atoms with E-state index in [0.717, 1.165) is 11.1 Å². The Balaban J connectivity index is 1.50. The fraction of sp³-hybridized carbons (Fsp3) is 0.167. The topological polar surface area (TPSA) is 69.9 Å². The van der Waals surface area contributed by atoms with Crippen molar-refractivity contribution in [2.45, 2.75) is 26.5 Å². The van der Waals surface area contributed by atoms with Gasteiger partial charge in [0.05, 0.1) is 22.4 Å². The molecule has 6 nitrogen and oxygen atoms in total. The van der Waals surface area contributed by atoms with Gasteiger partial charge in [0.15, 0.2) is 4.80 Å². The van der Waals surface area contributed by atoms with Crippen LogP contribution in [0, 0.1) is 0 Å². The average molecular weight is 580 g/mol. The standard InChI is InChI=1S/C30H24Cl2N2O4S/c1-3-37-29(36)26-18(2)33-30-34(27(26)23-9-4-5-10-24(23)32)28(35)25(39-30)16-19-11-13-22(14-12-19)38-17-20-7-6-8-21(31)15-20/h4-16,27H,3,17H2,1-2H3/b25-16-/t27-/m1/s1. The minimum atomic E-state index is -0.751. The highest BCUT2D eigenvalue weighted by Crippen LogP contribution is 2.34. The summed E-state index contributed by atoms with van der Waals surface area (Å²) in [5, 5.41) is 1.11. The van der Waals surface area contributed by atoms with E-state index < -0.39 is 12.0 Å². The van der Waals surface area contributed by atoms with E-state index >= 15 is 0 Å². The van der Waals surface area contributed by atoms with E-state index in [0.29, 0.717) is 48.6 Å². The first-order valence-corrected chi connectivity index (χ1v) is 13.8. The maximum absolute atomic E-state index is 13.7. The molecule has 1 aliphatic rings. The molecule has 0 fully saturated rings. The summed E-state index contributed by atoms with van der Waals surface area (Å²) in [5.41, 5.74) is 2.95.